The van der Waals surface area contributed by atoms with E-state index in [1.165, 1.54) is 7.11 Å². The molecule has 0 aliphatic carbocycles. The summed E-state index contributed by atoms with van der Waals surface area (Å²) in [6, 6.07) is 6.27. The summed E-state index contributed by atoms with van der Waals surface area (Å²) in [4.78, 5) is 33.2. The second-order valence-electron chi connectivity index (χ2n) is 8.17. The minimum atomic E-state index is -3.04. The van der Waals surface area contributed by atoms with E-state index in [0.717, 1.165) is 16.0 Å². The number of carbonyl (C=O) groups is 2. The summed E-state index contributed by atoms with van der Waals surface area (Å²) < 4.78 is 33.3. The lowest BCUT2D eigenvalue weighted by molar-refractivity contribution is -0.139. The monoisotopic (exact) mass is 444 g/mol. The second kappa shape index (κ2) is 9.39. The first kappa shape index (κ1) is 23.3. The van der Waals surface area contributed by atoms with Gasteiger partial charge in [0.25, 0.3) is 5.92 Å². The molecule has 9 heteroatoms. The van der Waals surface area contributed by atoms with Gasteiger partial charge in [0.1, 0.15) is 5.82 Å². The number of hydrogen-bond donors (Lipinski definition) is 2. The van der Waals surface area contributed by atoms with Crippen LogP contribution in [0.3, 0.4) is 0 Å². The molecule has 2 N–H and O–H groups in total. The van der Waals surface area contributed by atoms with Gasteiger partial charge < -0.3 is 19.9 Å². The number of aromatic amines is 1. The summed E-state index contributed by atoms with van der Waals surface area (Å²) in [5.74, 6) is -1.55. The van der Waals surface area contributed by atoms with Crippen LogP contribution in [0.2, 0.25) is 0 Å². The lowest BCUT2D eigenvalue weighted by atomic mass is 9.94. The number of nitrogens with zero attached hydrogens (tertiary/aromatic N) is 2. The van der Waals surface area contributed by atoms with Crippen LogP contribution >= 0.6 is 0 Å². The number of alkyl carbamates (subject to hydrolysis) is 1. The summed E-state index contributed by atoms with van der Waals surface area (Å²) >= 11 is 0. The largest absolute Gasteiger partial charge is 0.453 e. The van der Waals surface area contributed by atoms with Gasteiger partial charge in [-0.05, 0) is 23.6 Å². The first-order valence-corrected chi connectivity index (χ1v) is 10.3. The third kappa shape index (κ3) is 5.07. The molecule has 2 heterocycles. The zero-order valence-corrected chi connectivity index (χ0v) is 18.2. The molecule has 1 aromatic heterocycles. The molecule has 2 amide bonds. The fraction of sp³-hybridized carbons (Fsp3) is 0.435. The molecule has 3 rings (SSSR count). The number of H-pyrrole nitrogens is 1. The van der Waals surface area contributed by atoms with Crippen LogP contribution in [0.15, 0.2) is 30.5 Å². The van der Waals surface area contributed by atoms with Gasteiger partial charge >= 0.3 is 6.09 Å². The number of methoxy groups -OCH3 is 1. The Morgan fingerprint density at radius 3 is 2.66 bits per heavy atom. The minimum Gasteiger partial charge on any atom is -0.453 e. The van der Waals surface area contributed by atoms with Gasteiger partial charge in [0.2, 0.25) is 5.91 Å². The molecule has 2 unspecified atom stereocenters. The average molecular weight is 444 g/mol. The molecular formula is C23H26F2N4O3. The number of ether oxygens (including phenoxy) is 1. The van der Waals surface area contributed by atoms with Gasteiger partial charge in [-0.25, -0.2) is 18.6 Å². The second-order valence-corrected chi connectivity index (χ2v) is 8.17. The fourth-order valence-corrected chi connectivity index (χ4v) is 3.78. The number of hydrogen-bond acceptors (Lipinski definition) is 4. The van der Waals surface area contributed by atoms with E-state index in [2.05, 4.69) is 25.9 Å². The third-order valence-electron chi connectivity index (χ3n) is 5.60. The molecule has 2 aromatic rings. The quantitative estimate of drug-likeness (QED) is 0.667. The Labute approximate surface area is 185 Å². The highest BCUT2D eigenvalue weighted by atomic mass is 19.3. The normalized spacial score (nSPS) is 18.3. The Bertz CT molecular complexity index is 1010. The number of amides is 2. The number of likely N-dealkylation sites (tertiary alicyclic amines) is 1. The number of alkyl halides is 2. The predicted molar refractivity (Wildman–Crippen MR) is 115 cm³/mol. The lowest BCUT2D eigenvalue weighted by Crippen LogP contribution is -2.44. The van der Waals surface area contributed by atoms with Crippen LogP contribution < -0.4 is 5.32 Å². The summed E-state index contributed by atoms with van der Waals surface area (Å²) in [7, 11) is 1.22. The van der Waals surface area contributed by atoms with Crippen LogP contribution in [0.4, 0.5) is 13.6 Å². The number of benzene rings is 1. The molecule has 1 aliphatic heterocycles. The molecule has 1 aromatic carbocycles. The number of terminal acetylenes is 1. The SMILES string of the molecule is C#Cc1ccc(-c2cnc(C3CC(F)(F)CN3C(=O)C(CNC(=O)OC)C(C)C)[nH]2)cc1. The smallest absolute Gasteiger partial charge is 0.406 e. The maximum Gasteiger partial charge on any atom is 0.406 e. The van der Waals surface area contributed by atoms with Crippen molar-refractivity contribution >= 4 is 12.0 Å². The van der Waals surface area contributed by atoms with Crippen LogP contribution in [0.5, 0.6) is 0 Å². The number of carbonyl (C=O) groups excluding carboxylic acids is 2. The molecule has 0 bridgehead atoms. The average Bonchev–Trinajstić information content (AvgIpc) is 3.37. The van der Waals surface area contributed by atoms with Gasteiger partial charge in [-0.1, -0.05) is 31.9 Å². The summed E-state index contributed by atoms with van der Waals surface area (Å²) in [6.07, 6.45) is 5.72. The van der Waals surface area contributed by atoms with Crippen molar-refractivity contribution in [2.75, 3.05) is 20.2 Å². The molecule has 170 valence electrons. The van der Waals surface area contributed by atoms with Crippen LogP contribution in [0.25, 0.3) is 11.3 Å². The molecule has 1 saturated heterocycles. The molecule has 0 saturated carbocycles. The van der Waals surface area contributed by atoms with Crippen molar-refractivity contribution in [2.45, 2.75) is 32.2 Å². The number of nitrogens with one attached hydrogen (secondary N) is 2. The Morgan fingerprint density at radius 1 is 1.38 bits per heavy atom. The maximum absolute atomic E-state index is 14.4. The molecule has 0 spiro atoms. The van der Waals surface area contributed by atoms with Crippen molar-refractivity contribution in [1.29, 1.82) is 0 Å². The van der Waals surface area contributed by atoms with E-state index in [1.807, 2.05) is 12.1 Å². The molecule has 1 fully saturated rings. The van der Waals surface area contributed by atoms with Crippen molar-refractivity contribution in [1.82, 2.24) is 20.2 Å². The van der Waals surface area contributed by atoms with Crippen molar-refractivity contribution in [3.05, 3.63) is 41.9 Å². The molecule has 1 aliphatic rings. The zero-order chi connectivity index (χ0) is 23.5. The first-order valence-electron chi connectivity index (χ1n) is 10.3. The molecule has 2 atom stereocenters. The number of rotatable bonds is 6. The predicted octanol–water partition coefficient (Wildman–Crippen LogP) is 3.59. The molecule has 7 nitrogen and oxygen atoms in total. The maximum atomic E-state index is 14.4. The van der Waals surface area contributed by atoms with Crippen molar-refractivity contribution in [3.8, 4) is 23.6 Å². The summed E-state index contributed by atoms with van der Waals surface area (Å²) in [6.45, 7) is 2.89. The fourth-order valence-electron chi connectivity index (χ4n) is 3.78. The van der Waals surface area contributed by atoms with Gasteiger partial charge in [0, 0.05) is 18.5 Å². The van der Waals surface area contributed by atoms with Gasteiger partial charge in [-0.3, -0.25) is 4.79 Å². The van der Waals surface area contributed by atoms with E-state index in [4.69, 9.17) is 6.42 Å². The summed E-state index contributed by atoms with van der Waals surface area (Å²) in [5, 5.41) is 2.49. The lowest BCUT2D eigenvalue weighted by Gasteiger charge is -2.29. The van der Waals surface area contributed by atoms with Crippen LogP contribution in [0, 0.1) is 24.2 Å². The topological polar surface area (TPSA) is 87.3 Å². The highest BCUT2D eigenvalue weighted by Gasteiger charge is 2.50. The standard InChI is InChI=1S/C23H26F2N4O3/c1-5-15-6-8-16(9-7-15)18-12-26-20(28-18)19-10-23(24,25)13-29(19)21(30)17(14(2)3)11-27-22(31)32-4/h1,6-9,12,14,17,19H,10-11,13H2,2-4H3,(H,26,28)(H,27,31). The Hall–Kier alpha value is -3.41. The Balaban J connectivity index is 1.84. The zero-order valence-electron chi connectivity index (χ0n) is 18.2. The highest BCUT2D eigenvalue weighted by Crippen LogP contribution is 2.41. The van der Waals surface area contributed by atoms with Gasteiger partial charge in [-0.15, -0.1) is 6.42 Å². The minimum absolute atomic E-state index is 0.0110. The van der Waals surface area contributed by atoms with Crippen LogP contribution in [0.1, 0.15) is 37.7 Å². The van der Waals surface area contributed by atoms with E-state index in [1.54, 1.807) is 32.2 Å². The van der Waals surface area contributed by atoms with Crippen LogP contribution in [-0.4, -0.2) is 53.0 Å². The third-order valence-corrected chi connectivity index (χ3v) is 5.60. The number of aromatic nitrogens is 2. The first-order chi connectivity index (χ1) is 15.1. The Kier molecular flexibility index (Phi) is 6.82. The van der Waals surface area contributed by atoms with Crippen molar-refractivity contribution in [2.24, 2.45) is 11.8 Å². The van der Waals surface area contributed by atoms with Gasteiger partial charge in [-0.2, -0.15) is 0 Å². The van der Waals surface area contributed by atoms with Crippen molar-refractivity contribution in [3.63, 3.8) is 0 Å². The van der Waals surface area contributed by atoms with E-state index in [0.29, 0.717) is 5.69 Å². The van der Waals surface area contributed by atoms with Crippen LogP contribution in [-0.2, 0) is 9.53 Å². The number of halogens is 2. The van der Waals surface area contributed by atoms with Gasteiger partial charge in [0.15, 0.2) is 0 Å². The van der Waals surface area contributed by atoms with Gasteiger partial charge in [0.05, 0.1) is 37.5 Å². The van der Waals surface area contributed by atoms with E-state index in [9.17, 15) is 18.4 Å². The van der Waals surface area contributed by atoms with E-state index < -0.39 is 42.8 Å². The molecular weight excluding hydrogens is 418 g/mol. The molecule has 32 heavy (non-hydrogen) atoms. The summed E-state index contributed by atoms with van der Waals surface area (Å²) in [5.41, 5.74) is 2.16. The van der Waals surface area contributed by atoms with E-state index >= 15 is 0 Å². The van der Waals surface area contributed by atoms with E-state index in [-0.39, 0.29) is 18.3 Å². The molecule has 0 radical (unpaired) electrons. The number of imidazole rings is 1. The highest BCUT2D eigenvalue weighted by molar-refractivity contribution is 5.81. The van der Waals surface area contributed by atoms with Crippen molar-refractivity contribution < 1.29 is 23.1 Å². The Morgan fingerprint density at radius 2 is 2.06 bits per heavy atom.